The van der Waals surface area contributed by atoms with E-state index in [-0.39, 0.29) is 25.0 Å². The number of benzene rings is 2. The van der Waals surface area contributed by atoms with Crippen molar-refractivity contribution in [3.8, 4) is 5.75 Å². The molecule has 0 aliphatic heterocycles. The molecule has 0 fully saturated rings. The molecule has 0 radical (unpaired) electrons. The standard InChI is InChI=1S/C18H20N2O4/c1-13(17(22)20-15-7-3-2-4-8-15)24-16-9-5-6-14(12-16)18(23)19-10-11-21/h2-9,12-13,21H,10-11H2,1H3,(H,19,23)(H,20,22). The van der Waals surface area contributed by atoms with E-state index in [4.69, 9.17) is 9.84 Å². The minimum absolute atomic E-state index is 0.126. The lowest BCUT2D eigenvalue weighted by Crippen LogP contribution is -2.30. The molecule has 126 valence electrons. The predicted molar refractivity (Wildman–Crippen MR) is 91.0 cm³/mol. The van der Waals surface area contributed by atoms with Crippen molar-refractivity contribution >= 4 is 17.5 Å². The third kappa shape index (κ3) is 5.10. The molecule has 0 saturated carbocycles. The zero-order valence-electron chi connectivity index (χ0n) is 13.4. The predicted octanol–water partition coefficient (Wildman–Crippen LogP) is 1.81. The lowest BCUT2D eigenvalue weighted by Gasteiger charge is -2.15. The average molecular weight is 328 g/mol. The number of rotatable bonds is 7. The van der Waals surface area contributed by atoms with Crippen LogP contribution in [0.1, 0.15) is 17.3 Å². The Morgan fingerprint density at radius 2 is 1.88 bits per heavy atom. The highest BCUT2D eigenvalue weighted by molar-refractivity contribution is 5.95. The van der Waals surface area contributed by atoms with Crippen molar-refractivity contribution in [1.29, 1.82) is 0 Å². The minimum atomic E-state index is -0.721. The average Bonchev–Trinajstić information content (AvgIpc) is 2.60. The fraction of sp³-hybridized carbons (Fsp3) is 0.222. The molecule has 0 heterocycles. The number of para-hydroxylation sites is 1. The van der Waals surface area contributed by atoms with Gasteiger partial charge < -0.3 is 20.5 Å². The number of aliphatic hydroxyl groups excluding tert-OH is 1. The Kier molecular flexibility index (Phi) is 6.33. The SMILES string of the molecule is CC(Oc1cccc(C(=O)NCCO)c1)C(=O)Nc1ccccc1. The van der Waals surface area contributed by atoms with Crippen LogP contribution in [0, 0.1) is 0 Å². The summed E-state index contributed by atoms with van der Waals surface area (Å²) in [6.45, 7) is 1.69. The van der Waals surface area contributed by atoms with Gasteiger partial charge in [0.15, 0.2) is 6.10 Å². The van der Waals surface area contributed by atoms with Crippen LogP contribution in [0.4, 0.5) is 5.69 Å². The molecule has 1 unspecified atom stereocenters. The Bertz CT molecular complexity index is 688. The van der Waals surface area contributed by atoms with E-state index >= 15 is 0 Å². The molecular weight excluding hydrogens is 308 g/mol. The molecule has 6 nitrogen and oxygen atoms in total. The maximum absolute atomic E-state index is 12.1. The van der Waals surface area contributed by atoms with Crippen molar-refractivity contribution in [2.45, 2.75) is 13.0 Å². The molecule has 0 saturated heterocycles. The maximum Gasteiger partial charge on any atom is 0.265 e. The Hall–Kier alpha value is -2.86. The van der Waals surface area contributed by atoms with Gasteiger partial charge in [-0.2, -0.15) is 0 Å². The van der Waals surface area contributed by atoms with Crippen molar-refractivity contribution < 1.29 is 19.4 Å². The number of carbonyl (C=O) groups excluding carboxylic acids is 2. The van der Waals surface area contributed by atoms with Gasteiger partial charge in [0, 0.05) is 17.8 Å². The third-order valence-corrected chi connectivity index (χ3v) is 3.22. The Morgan fingerprint density at radius 1 is 1.12 bits per heavy atom. The topological polar surface area (TPSA) is 87.7 Å². The normalized spacial score (nSPS) is 11.4. The second-order valence-corrected chi connectivity index (χ2v) is 5.12. The molecule has 24 heavy (non-hydrogen) atoms. The number of carbonyl (C=O) groups is 2. The quantitative estimate of drug-likeness (QED) is 0.723. The van der Waals surface area contributed by atoms with Crippen LogP contribution >= 0.6 is 0 Å². The van der Waals surface area contributed by atoms with E-state index in [0.29, 0.717) is 17.0 Å². The largest absolute Gasteiger partial charge is 0.481 e. The molecule has 2 aromatic rings. The van der Waals surface area contributed by atoms with E-state index in [9.17, 15) is 9.59 Å². The summed E-state index contributed by atoms with van der Waals surface area (Å²) in [5.41, 5.74) is 1.09. The third-order valence-electron chi connectivity index (χ3n) is 3.22. The van der Waals surface area contributed by atoms with E-state index in [1.165, 1.54) is 0 Å². The Labute approximate surface area is 140 Å². The number of hydrogen-bond donors (Lipinski definition) is 3. The van der Waals surface area contributed by atoms with E-state index in [0.717, 1.165) is 0 Å². The summed E-state index contributed by atoms with van der Waals surface area (Å²) < 4.78 is 5.60. The lowest BCUT2D eigenvalue weighted by atomic mass is 10.2. The van der Waals surface area contributed by atoms with E-state index in [2.05, 4.69) is 10.6 Å². The zero-order chi connectivity index (χ0) is 17.4. The van der Waals surface area contributed by atoms with Gasteiger partial charge in [-0.3, -0.25) is 9.59 Å². The Balaban J connectivity index is 1.97. The fourth-order valence-corrected chi connectivity index (χ4v) is 2.01. The van der Waals surface area contributed by atoms with Crippen LogP contribution in [0.15, 0.2) is 54.6 Å². The Morgan fingerprint density at radius 3 is 2.58 bits per heavy atom. The van der Waals surface area contributed by atoms with E-state index in [1.807, 2.05) is 18.2 Å². The number of nitrogens with one attached hydrogen (secondary N) is 2. The molecule has 0 aliphatic rings. The van der Waals surface area contributed by atoms with Crippen molar-refractivity contribution in [3.63, 3.8) is 0 Å². The molecule has 1 atom stereocenters. The first kappa shape index (κ1) is 17.5. The van der Waals surface area contributed by atoms with Gasteiger partial charge in [-0.25, -0.2) is 0 Å². The molecule has 6 heteroatoms. The first-order valence-electron chi connectivity index (χ1n) is 7.62. The van der Waals surface area contributed by atoms with Gasteiger partial charge in [-0.15, -0.1) is 0 Å². The number of anilines is 1. The van der Waals surface area contributed by atoms with Gasteiger partial charge in [-0.05, 0) is 37.3 Å². The van der Waals surface area contributed by atoms with Gasteiger partial charge in [0.05, 0.1) is 6.61 Å². The highest BCUT2D eigenvalue weighted by Crippen LogP contribution is 2.16. The molecular formula is C18H20N2O4. The van der Waals surface area contributed by atoms with E-state index in [1.54, 1.807) is 43.3 Å². The van der Waals surface area contributed by atoms with Crippen molar-refractivity contribution in [2.24, 2.45) is 0 Å². The molecule has 0 spiro atoms. The fourth-order valence-electron chi connectivity index (χ4n) is 2.01. The summed E-state index contributed by atoms with van der Waals surface area (Å²) in [6.07, 6.45) is -0.721. The smallest absolute Gasteiger partial charge is 0.265 e. The molecule has 0 bridgehead atoms. The monoisotopic (exact) mass is 328 g/mol. The highest BCUT2D eigenvalue weighted by Gasteiger charge is 2.15. The maximum atomic E-state index is 12.1. The lowest BCUT2D eigenvalue weighted by molar-refractivity contribution is -0.122. The molecule has 2 amide bonds. The van der Waals surface area contributed by atoms with Crippen LogP contribution < -0.4 is 15.4 Å². The van der Waals surface area contributed by atoms with Crippen LogP contribution in [0.3, 0.4) is 0 Å². The zero-order valence-corrected chi connectivity index (χ0v) is 13.4. The molecule has 3 N–H and O–H groups in total. The molecule has 2 aromatic carbocycles. The highest BCUT2D eigenvalue weighted by atomic mass is 16.5. The summed E-state index contributed by atoms with van der Waals surface area (Å²) in [5, 5.41) is 14.1. The second kappa shape index (κ2) is 8.69. The number of ether oxygens (including phenoxy) is 1. The van der Waals surface area contributed by atoms with Crippen LogP contribution in [0.25, 0.3) is 0 Å². The summed E-state index contributed by atoms with van der Waals surface area (Å²) in [6, 6.07) is 15.6. The van der Waals surface area contributed by atoms with Gasteiger partial charge in [0.25, 0.3) is 11.8 Å². The molecule has 0 aromatic heterocycles. The minimum Gasteiger partial charge on any atom is -0.481 e. The number of aliphatic hydroxyl groups is 1. The summed E-state index contributed by atoms with van der Waals surface area (Å²) in [7, 11) is 0. The van der Waals surface area contributed by atoms with Gasteiger partial charge in [0.1, 0.15) is 5.75 Å². The van der Waals surface area contributed by atoms with Gasteiger partial charge in [0.2, 0.25) is 0 Å². The second-order valence-electron chi connectivity index (χ2n) is 5.12. The van der Waals surface area contributed by atoms with Crippen molar-refractivity contribution in [3.05, 3.63) is 60.2 Å². The van der Waals surface area contributed by atoms with Crippen LogP contribution in [-0.2, 0) is 4.79 Å². The van der Waals surface area contributed by atoms with Crippen molar-refractivity contribution in [1.82, 2.24) is 5.32 Å². The first-order valence-corrected chi connectivity index (χ1v) is 7.62. The summed E-state index contributed by atoms with van der Waals surface area (Å²) in [4.78, 5) is 24.0. The number of hydrogen-bond acceptors (Lipinski definition) is 4. The first-order chi connectivity index (χ1) is 11.6. The molecule has 0 aliphatic carbocycles. The van der Waals surface area contributed by atoms with Crippen LogP contribution in [0.5, 0.6) is 5.75 Å². The van der Waals surface area contributed by atoms with Gasteiger partial charge >= 0.3 is 0 Å². The van der Waals surface area contributed by atoms with E-state index < -0.39 is 6.10 Å². The molecule has 2 rings (SSSR count). The number of amides is 2. The summed E-state index contributed by atoms with van der Waals surface area (Å²) >= 11 is 0. The van der Waals surface area contributed by atoms with Crippen molar-refractivity contribution in [2.75, 3.05) is 18.5 Å². The van der Waals surface area contributed by atoms with Gasteiger partial charge in [-0.1, -0.05) is 24.3 Å². The van der Waals surface area contributed by atoms with Crippen LogP contribution in [-0.4, -0.2) is 36.2 Å². The summed E-state index contributed by atoms with van der Waals surface area (Å²) in [5.74, 6) is -0.172. The van der Waals surface area contributed by atoms with Crippen LogP contribution in [0.2, 0.25) is 0 Å².